The van der Waals surface area contributed by atoms with Gasteiger partial charge in [-0.15, -0.1) is 0 Å². The number of amides is 2. The molecule has 2 aromatic carbocycles. The van der Waals surface area contributed by atoms with Crippen molar-refractivity contribution in [2.24, 2.45) is 4.99 Å². The number of guanidine groups is 1. The second kappa shape index (κ2) is 8.35. The van der Waals surface area contributed by atoms with Gasteiger partial charge in [0, 0.05) is 11.4 Å². The van der Waals surface area contributed by atoms with Crippen molar-refractivity contribution in [1.29, 1.82) is 0 Å². The summed E-state index contributed by atoms with van der Waals surface area (Å²) in [7, 11) is 0. The fourth-order valence-corrected chi connectivity index (χ4v) is 2.61. The van der Waals surface area contributed by atoms with Gasteiger partial charge in [0.25, 0.3) is 5.91 Å². The van der Waals surface area contributed by atoms with Crippen molar-refractivity contribution in [1.82, 2.24) is 5.32 Å². The van der Waals surface area contributed by atoms with Crippen molar-refractivity contribution in [3.05, 3.63) is 54.1 Å². The van der Waals surface area contributed by atoms with E-state index in [-0.39, 0.29) is 18.2 Å². The lowest BCUT2D eigenvalue weighted by Crippen LogP contribution is -2.33. The first-order valence-electron chi connectivity index (χ1n) is 8.78. The fourth-order valence-electron chi connectivity index (χ4n) is 2.61. The molecule has 2 aromatic rings. The second-order valence-corrected chi connectivity index (χ2v) is 6.18. The number of nitrogens with zero attached hydrogens (tertiary/aromatic N) is 1. The van der Waals surface area contributed by atoms with Crippen LogP contribution in [-0.4, -0.2) is 30.4 Å². The molecule has 0 radical (unpaired) electrons. The van der Waals surface area contributed by atoms with Crippen LogP contribution in [0.4, 0.5) is 11.4 Å². The molecule has 0 aromatic heterocycles. The summed E-state index contributed by atoms with van der Waals surface area (Å²) in [6, 6.07) is 14.0. The molecular formula is C20H22N4O3. The molecule has 7 nitrogen and oxygen atoms in total. The molecule has 1 aliphatic heterocycles. The van der Waals surface area contributed by atoms with Crippen LogP contribution in [-0.2, 0) is 9.59 Å². The predicted molar refractivity (Wildman–Crippen MR) is 105 cm³/mol. The first-order valence-corrected chi connectivity index (χ1v) is 8.78. The molecule has 1 aliphatic rings. The fraction of sp³-hybridized carbons (Fsp3) is 0.250. The van der Waals surface area contributed by atoms with E-state index in [1.54, 1.807) is 0 Å². The molecule has 1 atom stereocenters. The minimum absolute atomic E-state index is 0.0197. The summed E-state index contributed by atoms with van der Waals surface area (Å²) in [5.41, 5.74) is 2.57. The van der Waals surface area contributed by atoms with E-state index >= 15 is 0 Å². The molecule has 27 heavy (non-hydrogen) atoms. The van der Waals surface area contributed by atoms with Crippen molar-refractivity contribution in [3.63, 3.8) is 0 Å². The van der Waals surface area contributed by atoms with Gasteiger partial charge in [0.1, 0.15) is 11.8 Å². The Hall–Kier alpha value is -3.35. The number of hydrogen-bond donors (Lipinski definition) is 3. The third-order valence-electron chi connectivity index (χ3n) is 3.97. The average molecular weight is 366 g/mol. The van der Waals surface area contributed by atoms with Gasteiger partial charge in [-0.2, -0.15) is 0 Å². The zero-order valence-electron chi connectivity index (χ0n) is 15.3. The number of benzene rings is 2. The summed E-state index contributed by atoms with van der Waals surface area (Å²) in [6.45, 7) is 4.49. The molecule has 7 heteroatoms. The Labute approximate surface area is 157 Å². The standard InChI is InChI=1S/C20H22N4O3/c1-3-27-16-10-8-15(9-11-16)22-20-23-17(19(26)24-20)12-18(25)21-14-6-4-13(2)5-7-14/h4-11,17H,3,12H2,1-2H3,(H,21,25)(H2,22,23,24,26)/t17-/m0/s1. The van der Waals surface area contributed by atoms with Crippen molar-refractivity contribution in [2.45, 2.75) is 26.3 Å². The number of carbonyl (C=O) groups is 2. The average Bonchev–Trinajstić information content (AvgIpc) is 2.98. The number of aryl methyl sites for hydroxylation is 1. The van der Waals surface area contributed by atoms with E-state index in [1.807, 2.05) is 62.4 Å². The van der Waals surface area contributed by atoms with Gasteiger partial charge in [-0.1, -0.05) is 17.7 Å². The quantitative estimate of drug-likeness (QED) is 0.733. The van der Waals surface area contributed by atoms with Gasteiger partial charge in [-0.3, -0.25) is 14.9 Å². The second-order valence-electron chi connectivity index (χ2n) is 6.18. The van der Waals surface area contributed by atoms with Crippen LogP contribution in [0, 0.1) is 6.92 Å². The molecule has 3 rings (SSSR count). The number of carbonyl (C=O) groups excluding carboxylic acids is 2. The monoisotopic (exact) mass is 366 g/mol. The maximum absolute atomic E-state index is 12.2. The van der Waals surface area contributed by atoms with Crippen molar-refractivity contribution in [2.75, 3.05) is 17.2 Å². The molecule has 3 N–H and O–H groups in total. The van der Waals surface area contributed by atoms with E-state index in [4.69, 9.17) is 4.74 Å². The van der Waals surface area contributed by atoms with Crippen molar-refractivity contribution in [3.8, 4) is 5.75 Å². The Kier molecular flexibility index (Phi) is 5.71. The predicted octanol–water partition coefficient (Wildman–Crippen LogP) is 2.69. The number of aliphatic imine (C=N–C) groups is 1. The van der Waals surface area contributed by atoms with Crippen LogP contribution in [0.5, 0.6) is 5.75 Å². The smallest absolute Gasteiger partial charge is 0.252 e. The minimum atomic E-state index is -0.749. The Morgan fingerprint density at radius 1 is 1.11 bits per heavy atom. The molecule has 0 spiro atoms. The zero-order chi connectivity index (χ0) is 19.2. The van der Waals surface area contributed by atoms with Gasteiger partial charge in [-0.25, -0.2) is 4.99 Å². The number of anilines is 2. The van der Waals surface area contributed by atoms with Crippen LogP contribution in [0.25, 0.3) is 0 Å². The maximum atomic E-state index is 12.2. The first kappa shape index (κ1) is 18.4. The van der Waals surface area contributed by atoms with Crippen LogP contribution >= 0.6 is 0 Å². The lowest BCUT2D eigenvalue weighted by Gasteiger charge is -2.07. The highest BCUT2D eigenvalue weighted by Gasteiger charge is 2.28. The van der Waals surface area contributed by atoms with E-state index in [2.05, 4.69) is 20.9 Å². The molecule has 140 valence electrons. The van der Waals surface area contributed by atoms with Crippen LogP contribution in [0.15, 0.2) is 53.5 Å². The van der Waals surface area contributed by atoms with Gasteiger partial charge in [0.05, 0.1) is 13.0 Å². The van der Waals surface area contributed by atoms with Crippen LogP contribution in [0.2, 0.25) is 0 Å². The van der Waals surface area contributed by atoms with Gasteiger partial charge in [-0.05, 0) is 50.2 Å². The zero-order valence-corrected chi connectivity index (χ0v) is 15.3. The summed E-state index contributed by atoms with van der Waals surface area (Å²) in [6.07, 6.45) is -0.0197. The van der Waals surface area contributed by atoms with Crippen LogP contribution in [0.1, 0.15) is 18.9 Å². The summed E-state index contributed by atoms with van der Waals surface area (Å²) in [4.78, 5) is 28.5. The Morgan fingerprint density at radius 2 is 1.78 bits per heavy atom. The third kappa shape index (κ3) is 5.07. The van der Waals surface area contributed by atoms with E-state index in [1.165, 1.54) is 0 Å². The van der Waals surface area contributed by atoms with Crippen LogP contribution in [0.3, 0.4) is 0 Å². The number of ether oxygens (including phenoxy) is 1. The minimum Gasteiger partial charge on any atom is -0.494 e. The maximum Gasteiger partial charge on any atom is 0.252 e. The van der Waals surface area contributed by atoms with E-state index in [0.717, 1.165) is 17.0 Å². The van der Waals surface area contributed by atoms with Gasteiger partial charge in [0.2, 0.25) is 11.9 Å². The van der Waals surface area contributed by atoms with E-state index in [0.29, 0.717) is 18.3 Å². The SMILES string of the molecule is CCOc1ccc(NC2=N[C@@H](CC(=O)Nc3ccc(C)cc3)C(=O)N2)cc1. The topological polar surface area (TPSA) is 91.8 Å². The van der Waals surface area contributed by atoms with E-state index in [9.17, 15) is 9.59 Å². The summed E-state index contributed by atoms with van der Waals surface area (Å²) in [5.74, 6) is 0.538. The molecule has 0 unspecified atom stereocenters. The molecular weight excluding hydrogens is 344 g/mol. The molecule has 1 heterocycles. The number of hydrogen-bond acceptors (Lipinski definition) is 5. The molecule has 0 saturated carbocycles. The lowest BCUT2D eigenvalue weighted by molar-refractivity contribution is -0.123. The Balaban J connectivity index is 1.56. The van der Waals surface area contributed by atoms with E-state index < -0.39 is 6.04 Å². The largest absolute Gasteiger partial charge is 0.494 e. The molecule has 0 saturated heterocycles. The summed E-state index contributed by atoms with van der Waals surface area (Å²) < 4.78 is 5.39. The van der Waals surface area contributed by atoms with Gasteiger partial charge >= 0.3 is 0 Å². The molecule has 0 fully saturated rings. The number of nitrogens with one attached hydrogen (secondary N) is 3. The normalized spacial score (nSPS) is 15.7. The van der Waals surface area contributed by atoms with Crippen molar-refractivity contribution < 1.29 is 14.3 Å². The molecule has 0 aliphatic carbocycles. The highest BCUT2D eigenvalue weighted by Crippen LogP contribution is 2.17. The summed E-state index contributed by atoms with van der Waals surface area (Å²) >= 11 is 0. The van der Waals surface area contributed by atoms with Gasteiger partial charge < -0.3 is 15.4 Å². The van der Waals surface area contributed by atoms with Gasteiger partial charge in [0.15, 0.2) is 0 Å². The number of rotatable bonds is 6. The van der Waals surface area contributed by atoms with Crippen LogP contribution < -0.4 is 20.7 Å². The highest BCUT2D eigenvalue weighted by atomic mass is 16.5. The Bertz CT molecular complexity index is 845. The first-order chi connectivity index (χ1) is 13.0. The molecule has 0 bridgehead atoms. The van der Waals surface area contributed by atoms with Crippen molar-refractivity contribution >= 4 is 29.1 Å². The molecule has 2 amide bonds. The Morgan fingerprint density at radius 3 is 2.44 bits per heavy atom. The lowest BCUT2D eigenvalue weighted by atomic mass is 10.2. The summed E-state index contributed by atoms with van der Waals surface area (Å²) in [5, 5.41) is 8.46. The highest BCUT2D eigenvalue weighted by molar-refractivity contribution is 6.11. The third-order valence-corrected chi connectivity index (χ3v) is 3.97.